The number of amides is 1. The molecular weight excluding hydrogens is 430 g/mol. The molecule has 0 aliphatic heterocycles. The normalized spacial score (nSPS) is 10.8. The second-order valence-corrected chi connectivity index (χ2v) is 8.57. The first-order valence-electron chi connectivity index (χ1n) is 11.2. The summed E-state index contributed by atoms with van der Waals surface area (Å²) < 4.78 is 10.1. The molecule has 0 spiro atoms. The number of carbonyl (C=O) groups is 2. The molecule has 1 amide bonds. The van der Waals surface area contributed by atoms with Gasteiger partial charge >= 0.3 is 12.1 Å². The number of aromatic nitrogens is 1. The second-order valence-electron chi connectivity index (χ2n) is 8.57. The number of nitrogens with zero attached hydrogens (tertiary/aromatic N) is 1. The Morgan fingerprint density at radius 2 is 1.68 bits per heavy atom. The fraction of sp³-hybridized carbons (Fsp3) is 0.296. The maximum Gasteiger partial charge on any atom is 0.417 e. The average molecular weight is 462 g/mol. The van der Waals surface area contributed by atoms with Gasteiger partial charge < -0.3 is 15.2 Å². The third-order valence-electron chi connectivity index (χ3n) is 5.42. The van der Waals surface area contributed by atoms with E-state index < -0.39 is 12.1 Å². The van der Waals surface area contributed by atoms with E-state index in [9.17, 15) is 9.59 Å². The largest absolute Gasteiger partial charge is 0.465 e. The van der Waals surface area contributed by atoms with Crippen molar-refractivity contribution < 1.29 is 19.1 Å². The molecule has 3 rings (SSSR count). The van der Waals surface area contributed by atoms with E-state index in [2.05, 4.69) is 19.2 Å². The minimum atomic E-state index is -0.663. The molecule has 34 heavy (non-hydrogen) atoms. The highest BCUT2D eigenvalue weighted by atomic mass is 16.6. The predicted octanol–water partition coefficient (Wildman–Crippen LogP) is 5.42. The first-order valence-corrected chi connectivity index (χ1v) is 11.2. The number of esters is 1. The van der Waals surface area contributed by atoms with Crippen molar-refractivity contribution in [3.63, 3.8) is 0 Å². The van der Waals surface area contributed by atoms with E-state index in [0.717, 1.165) is 34.4 Å². The Bertz CT molecular complexity index is 1170. The number of ether oxygens (including phenoxy) is 2. The van der Waals surface area contributed by atoms with Crippen molar-refractivity contribution in [2.45, 2.75) is 40.7 Å². The number of methoxy groups -OCH3 is 1. The highest BCUT2D eigenvalue weighted by Crippen LogP contribution is 2.36. The summed E-state index contributed by atoms with van der Waals surface area (Å²) >= 11 is 0. The molecule has 178 valence electrons. The van der Waals surface area contributed by atoms with Crippen molar-refractivity contribution in [3.05, 3.63) is 76.6 Å². The lowest BCUT2D eigenvalue weighted by molar-refractivity contribution is 0.0600. The van der Waals surface area contributed by atoms with E-state index in [4.69, 9.17) is 20.2 Å². The van der Waals surface area contributed by atoms with Crippen LogP contribution in [0.2, 0.25) is 0 Å². The standard InChI is InChI=1S/C27H31N3O4/c1-16(2)14-23-22(15-28)24(19-8-6-17(3)7-9-19)25(18(4)29-23)30-27(32)34-21-12-10-20(11-13-21)26(31)33-5/h6-13,16H,14-15,28H2,1-5H3,(H,30,32). The number of nitrogens with one attached hydrogen (secondary N) is 1. The maximum atomic E-state index is 12.8. The molecule has 7 nitrogen and oxygen atoms in total. The van der Waals surface area contributed by atoms with Gasteiger partial charge in [0.1, 0.15) is 5.75 Å². The van der Waals surface area contributed by atoms with E-state index in [1.54, 1.807) is 0 Å². The predicted molar refractivity (Wildman–Crippen MR) is 133 cm³/mol. The monoisotopic (exact) mass is 461 g/mol. The van der Waals surface area contributed by atoms with Gasteiger partial charge in [0.25, 0.3) is 0 Å². The number of benzene rings is 2. The number of nitrogens with two attached hydrogens (primary N) is 1. The Labute approximate surface area is 200 Å². The minimum absolute atomic E-state index is 0.289. The van der Waals surface area contributed by atoms with Crippen LogP contribution in [0.25, 0.3) is 11.1 Å². The lowest BCUT2D eigenvalue weighted by Gasteiger charge is -2.21. The number of hydrogen-bond acceptors (Lipinski definition) is 6. The molecule has 0 atom stereocenters. The number of hydrogen-bond donors (Lipinski definition) is 2. The maximum absolute atomic E-state index is 12.8. The van der Waals surface area contributed by atoms with Crippen LogP contribution in [0.1, 0.15) is 46.7 Å². The van der Waals surface area contributed by atoms with Crippen LogP contribution in [0.3, 0.4) is 0 Å². The Kier molecular flexibility index (Phi) is 8.02. The van der Waals surface area contributed by atoms with Crippen LogP contribution >= 0.6 is 0 Å². The lowest BCUT2D eigenvalue weighted by Crippen LogP contribution is -2.20. The van der Waals surface area contributed by atoms with Gasteiger partial charge in [-0.05, 0) is 61.6 Å². The van der Waals surface area contributed by atoms with E-state index in [1.165, 1.54) is 31.4 Å². The zero-order chi connectivity index (χ0) is 24.8. The molecule has 2 aromatic carbocycles. The number of carbonyl (C=O) groups excluding carboxylic acids is 2. The van der Waals surface area contributed by atoms with Gasteiger partial charge in [0.05, 0.1) is 24.1 Å². The third-order valence-corrected chi connectivity index (χ3v) is 5.42. The topological polar surface area (TPSA) is 104 Å². The molecule has 0 fully saturated rings. The van der Waals surface area contributed by atoms with E-state index in [-0.39, 0.29) is 6.54 Å². The molecule has 0 unspecified atom stereocenters. The van der Waals surface area contributed by atoms with Gasteiger partial charge in [-0.3, -0.25) is 10.3 Å². The van der Waals surface area contributed by atoms with Crippen LogP contribution in [0.4, 0.5) is 10.5 Å². The van der Waals surface area contributed by atoms with Crippen molar-refractivity contribution >= 4 is 17.7 Å². The molecule has 1 aromatic heterocycles. The first kappa shape index (κ1) is 24.9. The molecule has 0 aliphatic rings. The highest BCUT2D eigenvalue weighted by Gasteiger charge is 2.21. The quantitative estimate of drug-likeness (QED) is 0.455. The zero-order valence-corrected chi connectivity index (χ0v) is 20.3. The summed E-state index contributed by atoms with van der Waals surface area (Å²) in [6, 6.07) is 14.2. The number of anilines is 1. The molecule has 0 bridgehead atoms. The van der Waals surface area contributed by atoms with E-state index >= 15 is 0 Å². The van der Waals surface area contributed by atoms with Crippen LogP contribution < -0.4 is 15.8 Å². The molecule has 3 N–H and O–H groups in total. The summed E-state index contributed by atoms with van der Waals surface area (Å²) in [5, 5.41) is 2.87. The van der Waals surface area contributed by atoms with Crippen molar-refractivity contribution in [2.24, 2.45) is 11.7 Å². The van der Waals surface area contributed by atoms with Crippen molar-refractivity contribution in [3.8, 4) is 16.9 Å². The van der Waals surface area contributed by atoms with Gasteiger partial charge in [-0.2, -0.15) is 0 Å². The molecule has 1 heterocycles. The van der Waals surface area contributed by atoms with Crippen LogP contribution in [-0.2, 0) is 17.7 Å². The van der Waals surface area contributed by atoms with Gasteiger partial charge in [0.15, 0.2) is 0 Å². The molecule has 0 saturated carbocycles. The van der Waals surface area contributed by atoms with Gasteiger partial charge in [-0.15, -0.1) is 0 Å². The smallest absolute Gasteiger partial charge is 0.417 e. The SMILES string of the molecule is COC(=O)c1ccc(OC(=O)Nc2c(C)nc(CC(C)C)c(CN)c2-c2ccc(C)cc2)cc1. The molecule has 0 aliphatic carbocycles. The Hall–Kier alpha value is -3.71. The average Bonchev–Trinajstić information content (AvgIpc) is 2.80. The molecule has 0 radical (unpaired) electrons. The van der Waals surface area contributed by atoms with Crippen LogP contribution in [0, 0.1) is 19.8 Å². The Morgan fingerprint density at radius 3 is 2.24 bits per heavy atom. The molecule has 7 heteroatoms. The molecular formula is C27H31N3O4. The number of aryl methyl sites for hydroxylation is 2. The summed E-state index contributed by atoms with van der Waals surface area (Å²) in [5.41, 5.74) is 12.6. The van der Waals surface area contributed by atoms with Gasteiger partial charge in [0, 0.05) is 17.8 Å². The lowest BCUT2D eigenvalue weighted by atomic mass is 9.92. The van der Waals surface area contributed by atoms with E-state index in [1.807, 2.05) is 38.1 Å². The fourth-order valence-corrected chi connectivity index (χ4v) is 3.78. The van der Waals surface area contributed by atoms with Crippen LogP contribution in [0.15, 0.2) is 48.5 Å². The Balaban J connectivity index is 1.98. The zero-order valence-electron chi connectivity index (χ0n) is 20.3. The second kappa shape index (κ2) is 10.9. The van der Waals surface area contributed by atoms with Gasteiger partial charge in [0.2, 0.25) is 0 Å². The molecule has 0 saturated heterocycles. The van der Waals surface area contributed by atoms with Crippen molar-refractivity contribution in [2.75, 3.05) is 12.4 Å². The fourth-order valence-electron chi connectivity index (χ4n) is 3.78. The third kappa shape index (κ3) is 5.80. The van der Waals surface area contributed by atoms with E-state index in [0.29, 0.717) is 28.6 Å². The Morgan fingerprint density at radius 1 is 1.03 bits per heavy atom. The summed E-state index contributed by atoms with van der Waals surface area (Å²) in [5.74, 6) is 0.235. The first-order chi connectivity index (χ1) is 16.2. The van der Waals surface area contributed by atoms with Crippen molar-refractivity contribution in [1.29, 1.82) is 0 Å². The summed E-state index contributed by atoms with van der Waals surface area (Å²) in [6.45, 7) is 8.45. The summed E-state index contributed by atoms with van der Waals surface area (Å²) in [7, 11) is 1.31. The number of pyridine rings is 1. The highest BCUT2D eigenvalue weighted by molar-refractivity contribution is 5.95. The summed E-state index contributed by atoms with van der Waals surface area (Å²) in [4.78, 5) is 29.2. The number of rotatable bonds is 7. The van der Waals surface area contributed by atoms with Gasteiger partial charge in [-0.1, -0.05) is 43.7 Å². The summed E-state index contributed by atoms with van der Waals surface area (Å²) in [6.07, 6.45) is 0.118. The van der Waals surface area contributed by atoms with Gasteiger partial charge in [-0.25, -0.2) is 9.59 Å². The van der Waals surface area contributed by atoms with Crippen LogP contribution in [-0.4, -0.2) is 24.2 Å². The molecule has 3 aromatic rings. The van der Waals surface area contributed by atoms with Crippen LogP contribution in [0.5, 0.6) is 5.75 Å². The minimum Gasteiger partial charge on any atom is -0.465 e. The van der Waals surface area contributed by atoms with Crippen molar-refractivity contribution in [1.82, 2.24) is 4.98 Å².